The van der Waals surface area contributed by atoms with Crippen molar-refractivity contribution in [3.05, 3.63) is 5.51 Å². The van der Waals surface area contributed by atoms with Crippen LogP contribution in [-0.2, 0) is 9.59 Å². The van der Waals surface area contributed by atoms with Crippen molar-refractivity contribution in [3.63, 3.8) is 0 Å². The van der Waals surface area contributed by atoms with Crippen molar-refractivity contribution in [1.29, 1.82) is 0 Å². The van der Waals surface area contributed by atoms with Crippen molar-refractivity contribution >= 4 is 28.3 Å². The third-order valence-electron chi connectivity index (χ3n) is 2.68. The van der Waals surface area contributed by atoms with Gasteiger partial charge in [0.05, 0.1) is 0 Å². The first-order valence-corrected chi connectivity index (χ1v) is 6.20. The van der Waals surface area contributed by atoms with Crippen molar-refractivity contribution in [1.82, 2.24) is 15.5 Å². The van der Waals surface area contributed by atoms with Gasteiger partial charge in [0.15, 0.2) is 0 Å². The fraction of sp³-hybridized carbons (Fsp3) is 0.556. The largest absolute Gasteiger partial charge is 0.408 e. The molecule has 2 rings (SSSR count). The lowest BCUT2D eigenvalue weighted by Crippen LogP contribution is -2.53. The first kappa shape index (κ1) is 13.7. The number of halogens is 3. The SMILES string of the molecule is O=C(Nc1nncs1)[C@H]1CC[C@H](C(F)(F)F)NC1=O. The van der Waals surface area contributed by atoms with Gasteiger partial charge in [0.25, 0.3) is 0 Å². The highest BCUT2D eigenvalue weighted by Crippen LogP contribution is 2.28. The minimum atomic E-state index is -4.49. The molecule has 0 unspecified atom stereocenters. The van der Waals surface area contributed by atoms with E-state index in [-0.39, 0.29) is 18.0 Å². The van der Waals surface area contributed by atoms with Crippen LogP contribution in [0.3, 0.4) is 0 Å². The van der Waals surface area contributed by atoms with Gasteiger partial charge in [0.1, 0.15) is 17.5 Å². The fourth-order valence-electron chi connectivity index (χ4n) is 1.72. The molecule has 0 bridgehead atoms. The number of anilines is 1. The summed E-state index contributed by atoms with van der Waals surface area (Å²) in [6.07, 6.45) is -4.96. The van der Waals surface area contributed by atoms with Crippen LogP contribution in [0.4, 0.5) is 18.3 Å². The average Bonchev–Trinajstić information content (AvgIpc) is 2.80. The molecule has 6 nitrogen and oxygen atoms in total. The molecule has 2 amide bonds. The second-order valence-corrected chi connectivity index (χ2v) is 4.80. The topological polar surface area (TPSA) is 84.0 Å². The maximum Gasteiger partial charge on any atom is 0.408 e. The van der Waals surface area contributed by atoms with Crippen LogP contribution in [0, 0.1) is 5.92 Å². The second-order valence-electron chi connectivity index (χ2n) is 3.97. The van der Waals surface area contributed by atoms with Gasteiger partial charge < -0.3 is 5.32 Å². The monoisotopic (exact) mass is 294 g/mol. The number of carbonyl (C=O) groups excluding carboxylic acids is 2. The third-order valence-corrected chi connectivity index (χ3v) is 3.29. The zero-order valence-electron chi connectivity index (χ0n) is 9.40. The van der Waals surface area contributed by atoms with Gasteiger partial charge in [0, 0.05) is 0 Å². The summed E-state index contributed by atoms with van der Waals surface area (Å²) in [5, 5.41) is 11.4. The van der Waals surface area contributed by atoms with E-state index in [9.17, 15) is 22.8 Å². The molecule has 1 aliphatic heterocycles. The van der Waals surface area contributed by atoms with Crippen LogP contribution in [0.5, 0.6) is 0 Å². The fourth-order valence-corrected chi connectivity index (χ4v) is 2.17. The Bertz CT molecular complexity index is 476. The molecule has 2 atom stereocenters. The van der Waals surface area contributed by atoms with Crippen molar-refractivity contribution in [2.75, 3.05) is 5.32 Å². The Hall–Kier alpha value is -1.71. The van der Waals surface area contributed by atoms with E-state index < -0.39 is 30.0 Å². The average molecular weight is 294 g/mol. The zero-order valence-corrected chi connectivity index (χ0v) is 10.2. The lowest BCUT2D eigenvalue weighted by atomic mass is 9.93. The normalized spacial score (nSPS) is 23.8. The van der Waals surface area contributed by atoms with Crippen LogP contribution in [0.15, 0.2) is 5.51 Å². The van der Waals surface area contributed by atoms with Gasteiger partial charge in [-0.3, -0.25) is 14.9 Å². The van der Waals surface area contributed by atoms with Crippen LogP contribution in [0.25, 0.3) is 0 Å². The summed E-state index contributed by atoms with van der Waals surface area (Å²) < 4.78 is 37.2. The molecule has 10 heteroatoms. The number of alkyl halides is 3. The summed E-state index contributed by atoms with van der Waals surface area (Å²) in [7, 11) is 0. The number of aromatic nitrogens is 2. The number of amides is 2. The molecule has 2 heterocycles. The van der Waals surface area contributed by atoms with E-state index in [2.05, 4.69) is 15.5 Å². The van der Waals surface area contributed by atoms with E-state index in [4.69, 9.17) is 0 Å². The molecule has 1 saturated heterocycles. The number of piperidine rings is 1. The Kier molecular flexibility index (Phi) is 3.69. The Morgan fingerprint density at radius 2 is 2.21 bits per heavy atom. The summed E-state index contributed by atoms with van der Waals surface area (Å²) in [5.41, 5.74) is 1.39. The van der Waals surface area contributed by atoms with Gasteiger partial charge in [-0.1, -0.05) is 11.3 Å². The molecule has 0 saturated carbocycles. The Balaban J connectivity index is 1.96. The lowest BCUT2D eigenvalue weighted by molar-refractivity contribution is -0.170. The summed E-state index contributed by atoms with van der Waals surface area (Å²) in [6.45, 7) is 0. The van der Waals surface area contributed by atoms with E-state index in [0.29, 0.717) is 0 Å². The van der Waals surface area contributed by atoms with Gasteiger partial charge in [-0.2, -0.15) is 13.2 Å². The molecule has 0 aliphatic carbocycles. The Labute approximate surface area is 109 Å². The van der Waals surface area contributed by atoms with Crippen LogP contribution < -0.4 is 10.6 Å². The summed E-state index contributed by atoms with van der Waals surface area (Å²) >= 11 is 1.06. The lowest BCUT2D eigenvalue weighted by Gasteiger charge is -2.29. The maximum atomic E-state index is 12.4. The van der Waals surface area contributed by atoms with Gasteiger partial charge in [-0.15, -0.1) is 10.2 Å². The molecule has 104 valence electrons. The molecule has 2 N–H and O–H groups in total. The number of rotatable bonds is 2. The molecule has 1 aromatic rings. The molecular weight excluding hydrogens is 285 g/mol. The minimum absolute atomic E-state index is 0.152. The van der Waals surface area contributed by atoms with Crippen LogP contribution >= 0.6 is 11.3 Å². The predicted octanol–water partition coefficient (Wildman–Crippen LogP) is 0.934. The smallest absolute Gasteiger partial charge is 0.344 e. The van der Waals surface area contributed by atoms with Gasteiger partial charge in [-0.05, 0) is 12.8 Å². The number of hydrogen-bond acceptors (Lipinski definition) is 5. The maximum absolute atomic E-state index is 12.4. The van der Waals surface area contributed by atoms with Crippen molar-refractivity contribution in [3.8, 4) is 0 Å². The molecule has 1 fully saturated rings. The van der Waals surface area contributed by atoms with E-state index in [1.807, 2.05) is 5.32 Å². The Morgan fingerprint density at radius 3 is 2.74 bits per heavy atom. The second kappa shape index (κ2) is 5.11. The van der Waals surface area contributed by atoms with Gasteiger partial charge in [0.2, 0.25) is 16.9 Å². The van der Waals surface area contributed by atoms with E-state index in [1.165, 1.54) is 5.51 Å². The van der Waals surface area contributed by atoms with Crippen LogP contribution in [0.1, 0.15) is 12.8 Å². The van der Waals surface area contributed by atoms with Crippen molar-refractivity contribution in [2.45, 2.75) is 25.1 Å². The standard InChI is InChI=1S/C9H9F3N4O2S/c10-9(11,12)5-2-1-4(6(17)14-5)7(18)15-8-16-13-3-19-8/h3-5H,1-2H2,(H,14,17)(H,15,16,18)/t4-,5+/m0/s1. The minimum Gasteiger partial charge on any atom is -0.344 e. The molecule has 1 aromatic heterocycles. The number of carbonyl (C=O) groups is 2. The van der Waals surface area contributed by atoms with Crippen LogP contribution in [-0.4, -0.2) is 34.2 Å². The molecule has 0 radical (unpaired) electrons. The number of hydrogen-bond donors (Lipinski definition) is 2. The van der Waals surface area contributed by atoms with Crippen molar-refractivity contribution in [2.24, 2.45) is 5.92 Å². The van der Waals surface area contributed by atoms with Gasteiger partial charge >= 0.3 is 6.18 Å². The highest BCUT2D eigenvalue weighted by Gasteiger charge is 2.45. The molecule has 19 heavy (non-hydrogen) atoms. The third kappa shape index (κ3) is 3.19. The molecule has 0 aromatic carbocycles. The number of nitrogens with one attached hydrogen (secondary N) is 2. The van der Waals surface area contributed by atoms with Gasteiger partial charge in [-0.25, -0.2) is 0 Å². The van der Waals surface area contributed by atoms with Crippen LogP contribution in [0.2, 0.25) is 0 Å². The summed E-state index contributed by atoms with van der Waals surface area (Å²) in [5.74, 6) is -2.73. The first-order valence-electron chi connectivity index (χ1n) is 5.32. The van der Waals surface area contributed by atoms with E-state index >= 15 is 0 Å². The molecular formula is C9H9F3N4O2S. The summed E-state index contributed by atoms with van der Waals surface area (Å²) in [4.78, 5) is 23.2. The van der Waals surface area contributed by atoms with E-state index in [1.54, 1.807) is 0 Å². The quantitative estimate of drug-likeness (QED) is 0.795. The number of nitrogens with zero attached hydrogens (tertiary/aromatic N) is 2. The van der Waals surface area contributed by atoms with E-state index in [0.717, 1.165) is 11.3 Å². The predicted molar refractivity (Wildman–Crippen MR) is 59.2 cm³/mol. The highest BCUT2D eigenvalue weighted by atomic mass is 32.1. The Morgan fingerprint density at radius 1 is 1.47 bits per heavy atom. The zero-order chi connectivity index (χ0) is 14.0. The molecule has 1 aliphatic rings. The first-order chi connectivity index (χ1) is 8.88. The molecule has 0 spiro atoms. The summed E-state index contributed by atoms with van der Waals surface area (Å²) in [6, 6.07) is -1.88. The van der Waals surface area contributed by atoms with Crippen molar-refractivity contribution < 1.29 is 22.8 Å². The highest BCUT2D eigenvalue weighted by molar-refractivity contribution is 7.13.